The highest BCUT2D eigenvalue weighted by Gasteiger charge is 2.54. The molecule has 0 N–H and O–H groups in total. The summed E-state index contributed by atoms with van der Waals surface area (Å²) in [6, 6.07) is 60.0. The smallest absolute Gasteiger partial charge is 0.0543 e. The third kappa shape index (κ3) is 4.76. The third-order valence-electron chi connectivity index (χ3n) is 16.6. The van der Waals surface area contributed by atoms with Crippen molar-refractivity contribution in [3.05, 3.63) is 220 Å². The van der Waals surface area contributed by atoms with Crippen LogP contribution < -0.4 is 9.80 Å². The first-order valence-corrected chi connectivity index (χ1v) is 23.4. The maximum atomic E-state index is 2.72. The Kier molecular flexibility index (Phi) is 7.42. The van der Waals surface area contributed by atoms with Gasteiger partial charge in [0.15, 0.2) is 0 Å². The van der Waals surface area contributed by atoms with Gasteiger partial charge < -0.3 is 9.80 Å². The lowest BCUT2D eigenvalue weighted by Crippen LogP contribution is -2.48. The van der Waals surface area contributed by atoms with Gasteiger partial charge in [0.2, 0.25) is 0 Å². The van der Waals surface area contributed by atoms with Crippen LogP contribution in [0.3, 0.4) is 0 Å². The minimum Gasteiger partial charge on any atom is -0.309 e. The van der Waals surface area contributed by atoms with Crippen molar-refractivity contribution in [1.29, 1.82) is 0 Å². The number of nitrogens with zero attached hydrogens (tertiary/aromatic N) is 2. The number of para-hydroxylation sites is 2. The van der Waals surface area contributed by atoms with Crippen molar-refractivity contribution in [3.63, 3.8) is 0 Å². The lowest BCUT2D eigenvalue weighted by Gasteiger charge is -2.57. The first kappa shape index (κ1) is 37.9. The molecule has 13 rings (SSSR count). The monoisotopic (exact) mass is 826 g/mol. The van der Waals surface area contributed by atoms with Crippen LogP contribution in [0, 0.1) is 0 Å². The summed E-state index contributed by atoms with van der Waals surface area (Å²) in [6.07, 6.45) is 3.68. The summed E-state index contributed by atoms with van der Waals surface area (Å²) in [6.45, 7) is 19.7. The fraction of sp³-hybridized carbons (Fsp3) is 0.226. The predicted octanol–water partition coefficient (Wildman–Crippen LogP) is 16.5. The molecule has 2 aliphatic carbocycles. The zero-order valence-electron chi connectivity index (χ0n) is 38.3. The van der Waals surface area contributed by atoms with Crippen LogP contribution >= 0.6 is 0 Å². The maximum Gasteiger partial charge on any atom is 0.0543 e. The molecule has 1 unspecified atom stereocenters. The van der Waals surface area contributed by atoms with Crippen LogP contribution in [0.4, 0.5) is 28.4 Å². The lowest BCUT2D eigenvalue weighted by atomic mass is 9.57. The summed E-state index contributed by atoms with van der Waals surface area (Å²) in [5, 5.41) is 4.96. The topological polar surface area (TPSA) is 6.48 Å². The SMILES string of the molecule is CC1(C)C2=CC(c3ccc4c(c3)C(C)(C)c3cc(N(c5cccc6ccccc56)c5cccc6ccccc56)ccc3-4)CC3=C2N2c4c1cccc4C(C)(C)c1cccc(c12)C3(C)C. The van der Waals surface area contributed by atoms with Crippen molar-refractivity contribution < 1.29 is 0 Å². The van der Waals surface area contributed by atoms with Crippen LogP contribution in [0.2, 0.25) is 0 Å². The number of rotatable bonds is 4. The van der Waals surface area contributed by atoms with Gasteiger partial charge in [-0.15, -0.1) is 0 Å². The number of fused-ring (bicyclic) bond motifs is 5. The second kappa shape index (κ2) is 12.5. The normalized spacial score (nSPS) is 19.5. The standard InChI is InChI=1S/C62H54N2/c1-59(2)46-23-15-25-48-56(46)64-57-47(59)24-16-26-49(57)61(5,6)53-35-40(34-52(58(53)64)60(48,3)4)39-29-31-44-45-32-30-41(36-51(45)62(7,8)50(44)33-39)63(54-27-13-19-37-17-9-11-21-42(37)54)55-28-14-20-38-18-10-12-22-43(38)55/h9-34,36,40H,35H2,1-8H3. The highest BCUT2D eigenvalue weighted by Crippen LogP contribution is 2.66. The van der Waals surface area contributed by atoms with Crippen LogP contribution in [0.25, 0.3) is 32.7 Å². The van der Waals surface area contributed by atoms with Crippen molar-refractivity contribution in [2.75, 3.05) is 9.80 Å². The van der Waals surface area contributed by atoms with Gasteiger partial charge in [-0.25, -0.2) is 0 Å². The Labute approximate surface area is 378 Å². The van der Waals surface area contributed by atoms with Gasteiger partial charge >= 0.3 is 0 Å². The highest BCUT2D eigenvalue weighted by molar-refractivity contribution is 6.05. The van der Waals surface area contributed by atoms with E-state index in [-0.39, 0.29) is 27.6 Å². The Morgan fingerprint density at radius 3 is 1.55 bits per heavy atom. The van der Waals surface area contributed by atoms with E-state index in [2.05, 4.69) is 229 Å². The van der Waals surface area contributed by atoms with Crippen molar-refractivity contribution >= 4 is 50.0 Å². The second-order valence-electron chi connectivity index (χ2n) is 21.3. The third-order valence-corrected chi connectivity index (χ3v) is 16.6. The number of benzene rings is 8. The van der Waals surface area contributed by atoms with Crippen LogP contribution in [0.5, 0.6) is 0 Å². The molecule has 0 aromatic heterocycles. The van der Waals surface area contributed by atoms with E-state index < -0.39 is 0 Å². The molecule has 0 saturated heterocycles. The van der Waals surface area contributed by atoms with Gasteiger partial charge in [0.05, 0.1) is 28.4 Å². The van der Waals surface area contributed by atoms with E-state index in [0.29, 0.717) is 0 Å². The van der Waals surface area contributed by atoms with Crippen molar-refractivity contribution in [2.45, 2.75) is 89.4 Å². The van der Waals surface area contributed by atoms with Crippen molar-refractivity contribution in [2.24, 2.45) is 0 Å². The molecule has 0 radical (unpaired) electrons. The highest BCUT2D eigenvalue weighted by atomic mass is 15.2. The van der Waals surface area contributed by atoms with Gasteiger partial charge in [-0.05, 0) is 103 Å². The molecule has 0 fully saturated rings. The van der Waals surface area contributed by atoms with Gasteiger partial charge in [0.25, 0.3) is 0 Å². The quantitative estimate of drug-likeness (QED) is 0.174. The van der Waals surface area contributed by atoms with Crippen LogP contribution in [-0.4, -0.2) is 0 Å². The summed E-state index contributed by atoms with van der Waals surface area (Å²) in [5.41, 5.74) is 23.0. The summed E-state index contributed by atoms with van der Waals surface area (Å²) in [4.78, 5) is 5.21. The number of anilines is 5. The van der Waals surface area contributed by atoms with Crippen molar-refractivity contribution in [3.8, 4) is 11.1 Å². The summed E-state index contributed by atoms with van der Waals surface area (Å²) < 4.78 is 0. The molecule has 2 nitrogen and oxygen atoms in total. The van der Waals surface area contributed by atoms with E-state index in [9.17, 15) is 0 Å². The van der Waals surface area contributed by atoms with E-state index >= 15 is 0 Å². The Balaban J connectivity index is 0.946. The molecule has 8 aromatic carbocycles. The van der Waals surface area contributed by atoms with Gasteiger partial charge in [-0.3, -0.25) is 0 Å². The van der Waals surface area contributed by atoms with E-state index in [4.69, 9.17) is 0 Å². The van der Waals surface area contributed by atoms with Gasteiger partial charge in [-0.2, -0.15) is 0 Å². The van der Waals surface area contributed by atoms with Crippen LogP contribution in [-0.2, 0) is 21.7 Å². The molecular formula is C62H54N2. The average Bonchev–Trinajstić information content (AvgIpc) is 3.53. The van der Waals surface area contributed by atoms with E-state index in [1.165, 1.54) is 111 Å². The van der Waals surface area contributed by atoms with E-state index in [0.717, 1.165) is 6.42 Å². The zero-order chi connectivity index (χ0) is 43.7. The largest absolute Gasteiger partial charge is 0.309 e. The second-order valence-corrected chi connectivity index (χ2v) is 21.3. The van der Waals surface area contributed by atoms with Gasteiger partial charge in [0, 0.05) is 44.0 Å². The van der Waals surface area contributed by atoms with Crippen molar-refractivity contribution in [1.82, 2.24) is 0 Å². The number of hydrogen-bond acceptors (Lipinski definition) is 2. The molecule has 8 aromatic rings. The summed E-state index contributed by atoms with van der Waals surface area (Å²) >= 11 is 0. The van der Waals surface area contributed by atoms with E-state index in [1.54, 1.807) is 5.57 Å². The summed E-state index contributed by atoms with van der Waals surface area (Å²) in [7, 11) is 0. The Hall–Kier alpha value is -6.64. The molecule has 0 amide bonds. The maximum absolute atomic E-state index is 2.72. The molecule has 5 aliphatic rings. The minimum atomic E-state index is -0.203. The Morgan fingerprint density at radius 1 is 0.453 bits per heavy atom. The molecule has 3 aliphatic heterocycles. The zero-order valence-corrected chi connectivity index (χ0v) is 38.3. The van der Waals surface area contributed by atoms with Gasteiger partial charge in [0.1, 0.15) is 0 Å². The molecule has 1 atom stereocenters. The fourth-order valence-corrected chi connectivity index (χ4v) is 13.0. The Morgan fingerprint density at radius 2 is 0.938 bits per heavy atom. The van der Waals surface area contributed by atoms with Gasteiger partial charge in [-0.1, -0.05) is 195 Å². The molecule has 3 heterocycles. The molecule has 312 valence electrons. The lowest BCUT2D eigenvalue weighted by molar-refractivity contribution is 0.504. The molecule has 0 spiro atoms. The van der Waals surface area contributed by atoms with Crippen LogP contribution in [0.15, 0.2) is 181 Å². The molecule has 64 heavy (non-hydrogen) atoms. The number of hydrogen-bond donors (Lipinski definition) is 0. The average molecular weight is 827 g/mol. The number of allylic oxidation sites excluding steroid dienone is 3. The predicted molar refractivity (Wildman–Crippen MR) is 269 cm³/mol. The van der Waals surface area contributed by atoms with E-state index in [1.807, 2.05) is 0 Å². The van der Waals surface area contributed by atoms with Crippen LogP contribution in [0.1, 0.15) is 107 Å². The molecule has 0 saturated carbocycles. The first-order valence-electron chi connectivity index (χ1n) is 23.4. The Bertz CT molecular complexity index is 3350. The molecular weight excluding hydrogens is 773 g/mol. The molecule has 0 bridgehead atoms. The summed E-state index contributed by atoms with van der Waals surface area (Å²) in [5.74, 6) is 0.261. The minimum absolute atomic E-state index is 0.0878. The first-order chi connectivity index (χ1) is 30.8. The fourth-order valence-electron chi connectivity index (χ4n) is 13.0. The molecule has 2 heteroatoms.